The highest BCUT2D eigenvalue weighted by Crippen LogP contribution is 2.30. The number of benzene rings is 2. The highest BCUT2D eigenvalue weighted by Gasteiger charge is 2.37. The van der Waals surface area contributed by atoms with E-state index in [1.807, 2.05) is 20.8 Å². The lowest BCUT2D eigenvalue weighted by Gasteiger charge is -2.18. The zero-order chi connectivity index (χ0) is 22.5. The summed E-state index contributed by atoms with van der Waals surface area (Å²) in [5, 5.41) is 0. The molecule has 1 aliphatic rings. The number of hydrogen-bond acceptors (Lipinski definition) is 6. The quantitative estimate of drug-likeness (QED) is 0.478. The number of ether oxygens (including phenoxy) is 2. The molecule has 0 N–H and O–H groups in total. The van der Waals surface area contributed by atoms with Crippen LogP contribution in [0.5, 0.6) is 5.75 Å². The van der Waals surface area contributed by atoms with Crippen molar-refractivity contribution in [2.24, 2.45) is 0 Å². The maximum Gasteiger partial charge on any atom is 0.338 e. The minimum atomic E-state index is -0.733. The first-order valence-electron chi connectivity index (χ1n) is 10.1. The molecule has 31 heavy (non-hydrogen) atoms. The molecule has 8 heteroatoms. The molecule has 0 bridgehead atoms. The van der Waals surface area contributed by atoms with Crippen LogP contribution in [-0.2, 0) is 9.53 Å². The fraction of sp³-hybridized carbons (Fsp3) is 0.304. The van der Waals surface area contributed by atoms with E-state index < -0.39 is 17.8 Å². The van der Waals surface area contributed by atoms with Gasteiger partial charge in [-0.25, -0.2) is 9.69 Å². The standard InChI is InChI=1S/C23H24N2O6/c1-4-24(5-2)20(26)14-31-23(29)15-7-12-18-19(13-15)22(28)25(21(18)27)16-8-10-17(11-9-16)30-6-3/h7-13H,4-6,14H2,1-3H3. The van der Waals surface area contributed by atoms with Gasteiger partial charge < -0.3 is 14.4 Å². The molecule has 1 aliphatic heterocycles. The van der Waals surface area contributed by atoms with Crippen LogP contribution in [0, 0.1) is 0 Å². The molecule has 0 spiro atoms. The number of carbonyl (C=O) groups excluding carboxylic acids is 4. The van der Waals surface area contributed by atoms with Gasteiger partial charge in [0.05, 0.1) is 29.0 Å². The van der Waals surface area contributed by atoms with Gasteiger partial charge in [-0.15, -0.1) is 0 Å². The lowest BCUT2D eigenvalue weighted by atomic mass is 10.1. The molecule has 0 saturated heterocycles. The number of hydrogen-bond donors (Lipinski definition) is 0. The zero-order valence-electron chi connectivity index (χ0n) is 17.7. The van der Waals surface area contributed by atoms with Gasteiger partial charge in [0.1, 0.15) is 5.75 Å². The Balaban J connectivity index is 1.76. The third-order valence-corrected chi connectivity index (χ3v) is 4.97. The van der Waals surface area contributed by atoms with Gasteiger partial charge in [-0.2, -0.15) is 0 Å². The molecule has 0 radical (unpaired) electrons. The van der Waals surface area contributed by atoms with Crippen LogP contribution in [0.15, 0.2) is 42.5 Å². The van der Waals surface area contributed by atoms with Crippen molar-refractivity contribution in [3.63, 3.8) is 0 Å². The van der Waals surface area contributed by atoms with Crippen LogP contribution in [0.3, 0.4) is 0 Å². The zero-order valence-corrected chi connectivity index (χ0v) is 17.7. The summed E-state index contributed by atoms with van der Waals surface area (Å²) >= 11 is 0. The average molecular weight is 424 g/mol. The Hall–Kier alpha value is -3.68. The van der Waals surface area contributed by atoms with Gasteiger partial charge >= 0.3 is 5.97 Å². The van der Waals surface area contributed by atoms with Crippen LogP contribution in [0.4, 0.5) is 5.69 Å². The monoisotopic (exact) mass is 424 g/mol. The van der Waals surface area contributed by atoms with Crippen molar-refractivity contribution >= 4 is 29.4 Å². The topological polar surface area (TPSA) is 93.2 Å². The van der Waals surface area contributed by atoms with E-state index in [1.54, 1.807) is 29.2 Å². The van der Waals surface area contributed by atoms with Crippen LogP contribution in [0.2, 0.25) is 0 Å². The summed E-state index contributed by atoms with van der Waals surface area (Å²) in [4.78, 5) is 52.6. The Bertz CT molecular complexity index is 1010. The highest BCUT2D eigenvalue weighted by molar-refractivity contribution is 6.34. The fourth-order valence-electron chi connectivity index (χ4n) is 3.34. The molecule has 0 atom stereocenters. The third kappa shape index (κ3) is 4.42. The Morgan fingerprint density at radius 1 is 0.903 bits per heavy atom. The number of carbonyl (C=O) groups is 4. The number of amides is 3. The predicted molar refractivity (Wildman–Crippen MR) is 113 cm³/mol. The molecule has 1 heterocycles. The molecule has 3 rings (SSSR count). The second kappa shape index (κ2) is 9.42. The molecule has 2 aromatic carbocycles. The maximum atomic E-state index is 12.9. The van der Waals surface area contributed by atoms with Crippen LogP contribution in [0.1, 0.15) is 51.8 Å². The average Bonchev–Trinajstić information content (AvgIpc) is 3.03. The van der Waals surface area contributed by atoms with E-state index in [4.69, 9.17) is 9.47 Å². The van der Waals surface area contributed by atoms with E-state index in [0.29, 0.717) is 31.1 Å². The summed E-state index contributed by atoms with van der Waals surface area (Å²) in [6.07, 6.45) is 0. The number of fused-ring (bicyclic) bond motifs is 1. The summed E-state index contributed by atoms with van der Waals surface area (Å²) in [7, 11) is 0. The normalized spacial score (nSPS) is 12.5. The predicted octanol–water partition coefficient (Wildman–Crippen LogP) is 2.91. The molecule has 162 valence electrons. The Kier molecular flexibility index (Phi) is 6.69. The fourth-order valence-corrected chi connectivity index (χ4v) is 3.34. The third-order valence-electron chi connectivity index (χ3n) is 4.97. The Labute approximate surface area is 180 Å². The largest absolute Gasteiger partial charge is 0.494 e. The molecule has 2 aromatic rings. The van der Waals surface area contributed by atoms with Crippen molar-refractivity contribution in [1.82, 2.24) is 4.90 Å². The minimum Gasteiger partial charge on any atom is -0.494 e. The van der Waals surface area contributed by atoms with Gasteiger partial charge in [-0.1, -0.05) is 0 Å². The first-order chi connectivity index (χ1) is 14.9. The number of anilines is 1. The van der Waals surface area contributed by atoms with Crippen molar-refractivity contribution in [2.45, 2.75) is 20.8 Å². The molecular weight excluding hydrogens is 400 g/mol. The summed E-state index contributed by atoms with van der Waals surface area (Å²) in [5.74, 6) is -1.40. The van der Waals surface area contributed by atoms with Gasteiger partial charge in [-0.05, 0) is 63.2 Å². The van der Waals surface area contributed by atoms with E-state index in [9.17, 15) is 19.2 Å². The lowest BCUT2D eigenvalue weighted by Crippen LogP contribution is -2.34. The van der Waals surface area contributed by atoms with Gasteiger partial charge in [0.2, 0.25) is 0 Å². The van der Waals surface area contributed by atoms with Gasteiger partial charge in [0.25, 0.3) is 17.7 Å². The maximum absolute atomic E-state index is 12.9. The Morgan fingerprint density at radius 3 is 2.16 bits per heavy atom. The molecule has 8 nitrogen and oxygen atoms in total. The Morgan fingerprint density at radius 2 is 1.55 bits per heavy atom. The van der Waals surface area contributed by atoms with Gasteiger partial charge in [0, 0.05) is 13.1 Å². The number of imide groups is 1. The summed E-state index contributed by atoms with van der Waals surface area (Å²) < 4.78 is 10.5. The summed E-state index contributed by atoms with van der Waals surface area (Å²) in [5.41, 5.74) is 0.822. The van der Waals surface area contributed by atoms with E-state index in [0.717, 1.165) is 4.90 Å². The molecular formula is C23H24N2O6. The van der Waals surface area contributed by atoms with E-state index >= 15 is 0 Å². The van der Waals surface area contributed by atoms with E-state index in [2.05, 4.69) is 0 Å². The first-order valence-corrected chi connectivity index (χ1v) is 10.1. The van der Waals surface area contributed by atoms with Gasteiger partial charge in [0.15, 0.2) is 6.61 Å². The van der Waals surface area contributed by atoms with Crippen LogP contribution < -0.4 is 9.64 Å². The van der Waals surface area contributed by atoms with Crippen molar-refractivity contribution in [2.75, 3.05) is 31.2 Å². The number of nitrogens with zero attached hydrogens (tertiary/aromatic N) is 2. The van der Waals surface area contributed by atoms with Crippen molar-refractivity contribution in [1.29, 1.82) is 0 Å². The van der Waals surface area contributed by atoms with Crippen molar-refractivity contribution < 1.29 is 28.7 Å². The second-order valence-corrected chi connectivity index (χ2v) is 6.78. The van der Waals surface area contributed by atoms with Crippen LogP contribution in [0.25, 0.3) is 0 Å². The van der Waals surface area contributed by atoms with E-state index in [-0.39, 0.29) is 29.2 Å². The molecule has 0 aliphatic carbocycles. The second-order valence-electron chi connectivity index (χ2n) is 6.78. The number of rotatable bonds is 8. The minimum absolute atomic E-state index is 0.0980. The molecule has 0 aromatic heterocycles. The summed E-state index contributed by atoms with van der Waals surface area (Å²) in [6.45, 7) is 6.69. The first kappa shape index (κ1) is 22.0. The lowest BCUT2D eigenvalue weighted by molar-refractivity contribution is -0.134. The summed E-state index contributed by atoms with van der Waals surface area (Å²) in [6, 6.07) is 10.8. The highest BCUT2D eigenvalue weighted by atomic mass is 16.5. The van der Waals surface area contributed by atoms with E-state index in [1.165, 1.54) is 18.2 Å². The number of likely N-dealkylation sites (N-methyl/N-ethyl adjacent to an activating group) is 1. The van der Waals surface area contributed by atoms with Crippen LogP contribution in [-0.4, -0.2) is 54.9 Å². The van der Waals surface area contributed by atoms with Crippen LogP contribution >= 0.6 is 0 Å². The smallest absolute Gasteiger partial charge is 0.338 e. The SMILES string of the molecule is CCOc1ccc(N2C(=O)c3ccc(C(=O)OCC(=O)N(CC)CC)cc3C2=O)cc1. The number of esters is 1. The molecule has 0 fully saturated rings. The van der Waals surface area contributed by atoms with Crippen molar-refractivity contribution in [3.05, 3.63) is 59.2 Å². The van der Waals surface area contributed by atoms with Gasteiger partial charge in [-0.3, -0.25) is 14.4 Å². The molecule has 3 amide bonds. The molecule has 0 unspecified atom stereocenters. The molecule has 0 saturated carbocycles. The van der Waals surface area contributed by atoms with Crippen molar-refractivity contribution in [3.8, 4) is 5.75 Å².